The lowest BCUT2D eigenvalue weighted by molar-refractivity contribution is 0.594. The molecule has 5 heteroatoms. The van der Waals surface area contributed by atoms with E-state index in [0.717, 1.165) is 99.9 Å². The van der Waals surface area contributed by atoms with E-state index in [9.17, 15) is 0 Å². The van der Waals surface area contributed by atoms with E-state index in [1.54, 1.807) is 0 Å². The Morgan fingerprint density at radius 2 is 1.05 bits per heavy atom. The Labute approximate surface area is 344 Å². The molecule has 0 bridgehead atoms. The molecule has 4 heterocycles. The van der Waals surface area contributed by atoms with Crippen molar-refractivity contribution in [1.29, 1.82) is 0 Å². The molecule has 0 amide bonds. The Kier molecular flexibility index (Phi) is 8.87. The molecule has 59 heavy (non-hydrogen) atoms. The standard InChI is InChI=1S/C54H41N5/c1-34-30-47(54(2,3)4)45-26-24-40-25-27-48(57-51(40)52(45)56-34)38-20-16-35(17-21-38)36-18-22-39(23-19-36)49-32-50(59-53(58-49)41-10-6-5-7-11-41)43-14-8-13-42(31-43)44-15-9-12-37-28-29-55-33-46(37)44/h5-33H,1-4H3. The third-order valence-corrected chi connectivity index (χ3v) is 11.2. The Morgan fingerprint density at radius 1 is 0.407 bits per heavy atom. The van der Waals surface area contributed by atoms with Crippen LogP contribution in [0.4, 0.5) is 0 Å². The van der Waals surface area contributed by atoms with E-state index in [1.807, 2.05) is 30.6 Å². The predicted octanol–water partition coefficient (Wildman–Crippen LogP) is 13.7. The van der Waals surface area contributed by atoms with Crippen LogP contribution >= 0.6 is 0 Å². The van der Waals surface area contributed by atoms with Crippen LogP contribution in [0.25, 0.3) is 100.0 Å². The summed E-state index contributed by atoms with van der Waals surface area (Å²) in [5.41, 5.74) is 15.5. The van der Waals surface area contributed by atoms with E-state index in [4.69, 9.17) is 19.9 Å². The number of nitrogens with zero attached hydrogens (tertiary/aromatic N) is 5. The van der Waals surface area contributed by atoms with Gasteiger partial charge in [0.15, 0.2) is 5.82 Å². The molecular weight excluding hydrogens is 719 g/mol. The van der Waals surface area contributed by atoms with E-state index in [0.29, 0.717) is 5.82 Å². The van der Waals surface area contributed by atoms with Crippen molar-refractivity contribution in [3.8, 4) is 67.4 Å². The van der Waals surface area contributed by atoms with Crippen molar-refractivity contribution in [1.82, 2.24) is 24.9 Å². The highest BCUT2D eigenvalue weighted by Gasteiger charge is 2.20. The minimum Gasteiger partial charge on any atom is -0.264 e. The summed E-state index contributed by atoms with van der Waals surface area (Å²) in [4.78, 5) is 24.8. The molecule has 282 valence electrons. The molecule has 0 spiro atoms. The number of fused-ring (bicyclic) bond motifs is 4. The Hall–Kier alpha value is -7.37. The molecule has 0 aliphatic heterocycles. The highest BCUT2D eigenvalue weighted by atomic mass is 14.9. The van der Waals surface area contributed by atoms with Gasteiger partial charge in [-0.15, -0.1) is 0 Å². The zero-order valence-corrected chi connectivity index (χ0v) is 33.5. The molecule has 0 unspecified atom stereocenters. The maximum Gasteiger partial charge on any atom is 0.160 e. The molecular formula is C54H41N5. The van der Waals surface area contributed by atoms with Crippen molar-refractivity contribution in [3.63, 3.8) is 0 Å². The SMILES string of the molecule is Cc1cc(C(C)(C)C)c2ccc3ccc(-c4ccc(-c5ccc(-c6cc(-c7cccc(-c8cccc9ccncc89)c7)nc(-c7ccccc7)n6)cc5)cc4)nc3c2n1. The monoisotopic (exact) mass is 759 g/mol. The maximum absolute atomic E-state index is 5.20. The molecule has 10 rings (SSSR count). The fourth-order valence-corrected chi connectivity index (χ4v) is 8.12. The lowest BCUT2D eigenvalue weighted by Crippen LogP contribution is -2.12. The van der Waals surface area contributed by atoms with Gasteiger partial charge in [0.2, 0.25) is 0 Å². The van der Waals surface area contributed by atoms with Crippen LogP contribution in [0.1, 0.15) is 32.0 Å². The van der Waals surface area contributed by atoms with Gasteiger partial charge in [-0.1, -0.05) is 154 Å². The molecule has 0 atom stereocenters. The number of aromatic nitrogens is 5. The minimum absolute atomic E-state index is 0.00174. The maximum atomic E-state index is 5.20. The van der Waals surface area contributed by atoms with Gasteiger partial charge in [0.1, 0.15) is 0 Å². The van der Waals surface area contributed by atoms with Crippen molar-refractivity contribution in [3.05, 3.63) is 187 Å². The Morgan fingerprint density at radius 3 is 1.80 bits per heavy atom. The number of pyridine rings is 3. The molecule has 4 aromatic heterocycles. The van der Waals surface area contributed by atoms with Crippen molar-refractivity contribution in [2.75, 3.05) is 0 Å². The van der Waals surface area contributed by atoms with Crippen LogP contribution in [0.2, 0.25) is 0 Å². The summed E-state index contributed by atoms with van der Waals surface area (Å²) < 4.78 is 0. The second-order valence-corrected chi connectivity index (χ2v) is 16.3. The summed E-state index contributed by atoms with van der Waals surface area (Å²) in [5, 5.41) is 4.54. The number of rotatable bonds is 6. The molecule has 6 aromatic carbocycles. The van der Waals surface area contributed by atoms with Gasteiger partial charge in [0, 0.05) is 56.5 Å². The van der Waals surface area contributed by atoms with E-state index < -0.39 is 0 Å². The summed E-state index contributed by atoms with van der Waals surface area (Å²) in [6.45, 7) is 8.84. The van der Waals surface area contributed by atoms with Crippen LogP contribution in [-0.2, 0) is 5.41 Å². The zero-order chi connectivity index (χ0) is 40.1. The molecule has 0 saturated carbocycles. The number of hydrogen-bond donors (Lipinski definition) is 0. The Balaban J connectivity index is 0.974. The van der Waals surface area contributed by atoms with Crippen LogP contribution in [0, 0.1) is 6.92 Å². The molecule has 0 aliphatic carbocycles. The number of hydrogen-bond acceptors (Lipinski definition) is 5. The third-order valence-electron chi connectivity index (χ3n) is 11.2. The van der Waals surface area contributed by atoms with E-state index in [-0.39, 0.29) is 5.41 Å². The van der Waals surface area contributed by atoms with Gasteiger partial charge in [-0.2, -0.15) is 0 Å². The van der Waals surface area contributed by atoms with E-state index in [1.165, 1.54) is 5.56 Å². The summed E-state index contributed by atoms with van der Waals surface area (Å²) in [5.74, 6) is 0.688. The summed E-state index contributed by atoms with van der Waals surface area (Å²) in [6.07, 6.45) is 3.78. The van der Waals surface area contributed by atoms with Gasteiger partial charge in [-0.3, -0.25) is 9.97 Å². The first kappa shape index (κ1) is 36.0. The first-order valence-electron chi connectivity index (χ1n) is 20.1. The number of aryl methyl sites for hydroxylation is 1. The predicted molar refractivity (Wildman–Crippen MR) is 244 cm³/mol. The molecule has 0 N–H and O–H groups in total. The van der Waals surface area contributed by atoms with Crippen LogP contribution in [0.3, 0.4) is 0 Å². The van der Waals surface area contributed by atoms with Crippen LogP contribution in [0.5, 0.6) is 0 Å². The van der Waals surface area contributed by atoms with Crippen LogP contribution < -0.4 is 0 Å². The summed E-state index contributed by atoms with van der Waals surface area (Å²) >= 11 is 0. The van der Waals surface area contributed by atoms with Crippen molar-refractivity contribution < 1.29 is 0 Å². The van der Waals surface area contributed by atoms with E-state index in [2.05, 4.69) is 178 Å². The van der Waals surface area contributed by atoms with Gasteiger partial charge < -0.3 is 0 Å². The lowest BCUT2D eigenvalue weighted by Gasteiger charge is -2.22. The third kappa shape index (κ3) is 6.91. The fraction of sp³-hybridized carbons (Fsp3) is 0.0926. The molecule has 0 aliphatic rings. The molecule has 0 saturated heterocycles. The van der Waals surface area contributed by atoms with Gasteiger partial charge in [0.25, 0.3) is 0 Å². The van der Waals surface area contributed by atoms with Gasteiger partial charge >= 0.3 is 0 Å². The number of benzene rings is 6. The molecule has 0 fully saturated rings. The highest BCUT2D eigenvalue weighted by Crippen LogP contribution is 2.36. The first-order chi connectivity index (χ1) is 28.7. The van der Waals surface area contributed by atoms with Crippen molar-refractivity contribution in [2.45, 2.75) is 33.1 Å². The molecule has 0 radical (unpaired) electrons. The Bertz CT molecular complexity index is 3180. The smallest absolute Gasteiger partial charge is 0.160 e. The average Bonchev–Trinajstić information content (AvgIpc) is 3.28. The second-order valence-electron chi connectivity index (χ2n) is 16.3. The molecule has 5 nitrogen and oxygen atoms in total. The topological polar surface area (TPSA) is 64.5 Å². The van der Waals surface area contributed by atoms with Crippen LogP contribution in [-0.4, -0.2) is 24.9 Å². The lowest BCUT2D eigenvalue weighted by atomic mass is 9.84. The van der Waals surface area contributed by atoms with Gasteiger partial charge in [-0.05, 0) is 75.9 Å². The first-order valence-corrected chi connectivity index (χ1v) is 20.1. The van der Waals surface area contributed by atoms with E-state index >= 15 is 0 Å². The summed E-state index contributed by atoms with van der Waals surface area (Å²) in [6, 6.07) is 57.5. The fourth-order valence-electron chi connectivity index (χ4n) is 8.12. The quantitative estimate of drug-likeness (QED) is 0.158. The average molecular weight is 760 g/mol. The second kappa shape index (κ2) is 14.5. The highest BCUT2D eigenvalue weighted by molar-refractivity contribution is 6.05. The van der Waals surface area contributed by atoms with Crippen molar-refractivity contribution in [2.24, 2.45) is 0 Å². The minimum atomic E-state index is -0.00174. The summed E-state index contributed by atoms with van der Waals surface area (Å²) in [7, 11) is 0. The largest absolute Gasteiger partial charge is 0.264 e. The molecule has 10 aromatic rings. The van der Waals surface area contributed by atoms with Crippen molar-refractivity contribution >= 4 is 32.6 Å². The van der Waals surface area contributed by atoms with Gasteiger partial charge in [-0.25, -0.2) is 15.0 Å². The zero-order valence-electron chi connectivity index (χ0n) is 33.5. The van der Waals surface area contributed by atoms with Gasteiger partial charge in [0.05, 0.1) is 28.1 Å². The normalized spacial score (nSPS) is 11.7. The van der Waals surface area contributed by atoms with Crippen LogP contribution in [0.15, 0.2) is 176 Å².